The van der Waals surface area contributed by atoms with E-state index in [4.69, 9.17) is 36.8 Å². The first-order valence-corrected chi connectivity index (χ1v) is 11.2. The van der Waals surface area contributed by atoms with E-state index in [9.17, 15) is 24.9 Å². The molecule has 0 saturated heterocycles. The number of hydrogen-bond donors (Lipinski definition) is 3. The van der Waals surface area contributed by atoms with E-state index in [-0.39, 0.29) is 60.2 Å². The van der Waals surface area contributed by atoms with Gasteiger partial charge in [-0.2, -0.15) is 0 Å². The largest absolute Gasteiger partial charge is 0.507 e. The number of hydrogen-bond acceptors (Lipinski definition) is 8. The highest BCUT2D eigenvalue weighted by Gasteiger charge is 2.33. The first kappa shape index (κ1) is 23.6. The molecular weight excluding hydrogens is 511 g/mol. The van der Waals surface area contributed by atoms with Gasteiger partial charge in [0.1, 0.15) is 22.7 Å². The second-order valence-corrected chi connectivity index (χ2v) is 8.82. The van der Waals surface area contributed by atoms with Gasteiger partial charge in [-0.05, 0) is 54.1 Å². The lowest BCUT2D eigenvalue weighted by Crippen LogP contribution is -2.21. The van der Waals surface area contributed by atoms with E-state index in [0.717, 1.165) is 0 Å². The zero-order valence-electron chi connectivity index (χ0n) is 18.4. The summed E-state index contributed by atoms with van der Waals surface area (Å²) in [7, 11) is 1.32. The number of ether oxygens (including phenoxy) is 1. The fraction of sp³-hybridized carbons (Fsp3) is 0.0769. The molecule has 0 amide bonds. The zero-order valence-corrected chi connectivity index (χ0v) is 19.9. The van der Waals surface area contributed by atoms with Crippen molar-refractivity contribution in [3.63, 3.8) is 0 Å². The summed E-state index contributed by atoms with van der Waals surface area (Å²) >= 11 is 12.2. The summed E-state index contributed by atoms with van der Waals surface area (Å²) in [6.07, 6.45) is 0. The molecule has 36 heavy (non-hydrogen) atoms. The summed E-state index contributed by atoms with van der Waals surface area (Å²) in [5.74, 6) is -2.60. The molecule has 0 bridgehead atoms. The first-order chi connectivity index (χ1) is 17.2. The lowest BCUT2D eigenvalue weighted by Gasteiger charge is -2.20. The van der Waals surface area contributed by atoms with Gasteiger partial charge in [-0.25, -0.2) is 9.59 Å². The summed E-state index contributed by atoms with van der Waals surface area (Å²) in [5.41, 5.74) is -2.32. The van der Waals surface area contributed by atoms with Crippen molar-refractivity contribution in [3.05, 3.63) is 102 Å². The fourth-order valence-electron chi connectivity index (χ4n) is 4.21. The average Bonchev–Trinajstić information content (AvgIpc) is 2.84. The second-order valence-electron chi connectivity index (χ2n) is 7.95. The van der Waals surface area contributed by atoms with E-state index in [1.165, 1.54) is 61.7 Å². The fourth-order valence-corrected chi connectivity index (χ4v) is 4.55. The normalized spacial score (nSPS) is 11.4. The molecule has 8 nitrogen and oxygen atoms in total. The summed E-state index contributed by atoms with van der Waals surface area (Å²) < 4.78 is 16.0. The topological polar surface area (TPSA) is 130 Å². The highest BCUT2D eigenvalue weighted by molar-refractivity contribution is 6.31. The lowest BCUT2D eigenvalue weighted by molar-refractivity contribution is 0.372. The molecule has 0 aliphatic heterocycles. The van der Waals surface area contributed by atoms with E-state index in [1.807, 2.05) is 0 Å². The first-order valence-electron chi connectivity index (χ1n) is 10.5. The maximum atomic E-state index is 13.2. The maximum absolute atomic E-state index is 13.2. The van der Waals surface area contributed by atoms with Gasteiger partial charge < -0.3 is 28.9 Å². The Bertz CT molecular complexity index is 1680. The molecule has 0 atom stereocenters. The predicted molar refractivity (Wildman–Crippen MR) is 134 cm³/mol. The Labute approximate surface area is 212 Å². The van der Waals surface area contributed by atoms with Gasteiger partial charge in [0, 0.05) is 10.0 Å². The molecule has 3 N–H and O–H groups in total. The number of phenolic OH excluding ortho intramolecular Hbond substituents is 1. The van der Waals surface area contributed by atoms with Crippen molar-refractivity contribution in [3.8, 4) is 23.0 Å². The van der Waals surface area contributed by atoms with Crippen LogP contribution < -0.4 is 16.0 Å². The van der Waals surface area contributed by atoms with Gasteiger partial charge in [0.2, 0.25) is 0 Å². The van der Waals surface area contributed by atoms with Crippen LogP contribution in [-0.4, -0.2) is 22.4 Å². The van der Waals surface area contributed by atoms with Crippen LogP contribution in [0.5, 0.6) is 23.0 Å². The zero-order chi connectivity index (χ0) is 25.7. The van der Waals surface area contributed by atoms with Crippen molar-refractivity contribution in [1.29, 1.82) is 0 Å². The maximum Gasteiger partial charge on any atom is 0.344 e. The Morgan fingerprint density at radius 3 is 1.72 bits per heavy atom. The number of methoxy groups -OCH3 is 1. The minimum absolute atomic E-state index is 0.0259. The third-order valence-corrected chi connectivity index (χ3v) is 6.33. The highest BCUT2D eigenvalue weighted by atomic mass is 35.5. The molecule has 3 aromatic carbocycles. The van der Waals surface area contributed by atoms with Crippen LogP contribution in [0.25, 0.3) is 21.9 Å². The quantitative estimate of drug-likeness (QED) is 0.261. The van der Waals surface area contributed by atoms with E-state index >= 15 is 0 Å². The van der Waals surface area contributed by atoms with Crippen LogP contribution in [0.4, 0.5) is 0 Å². The molecule has 10 heteroatoms. The molecule has 5 aromatic rings. The number of benzene rings is 3. The van der Waals surface area contributed by atoms with Gasteiger partial charge in [0.15, 0.2) is 11.5 Å². The van der Waals surface area contributed by atoms with Crippen LogP contribution in [-0.2, 0) is 0 Å². The molecule has 2 heterocycles. The minimum atomic E-state index is -1.40. The van der Waals surface area contributed by atoms with E-state index in [1.54, 1.807) is 0 Å². The van der Waals surface area contributed by atoms with Crippen LogP contribution in [0.1, 0.15) is 22.6 Å². The van der Waals surface area contributed by atoms with Crippen molar-refractivity contribution in [2.45, 2.75) is 5.92 Å². The smallest absolute Gasteiger partial charge is 0.344 e. The van der Waals surface area contributed by atoms with Crippen molar-refractivity contribution >= 4 is 45.1 Å². The van der Waals surface area contributed by atoms with Crippen LogP contribution in [0.2, 0.25) is 10.0 Å². The molecule has 0 spiro atoms. The van der Waals surface area contributed by atoms with E-state index < -0.39 is 28.7 Å². The van der Waals surface area contributed by atoms with E-state index in [0.29, 0.717) is 0 Å². The van der Waals surface area contributed by atoms with Gasteiger partial charge in [-0.1, -0.05) is 29.3 Å². The number of rotatable bonds is 4. The SMILES string of the molecule is COc1cc(C(c2c(O)c3cc(Cl)ccc3oc2=O)c2c(O)c3cc(Cl)ccc3oc2=O)ccc1O. The molecule has 0 aliphatic rings. The van der Waals surface area contributed by atoms with Crippen LogP contribution in [0.15, 0.2) is 73.0 Å². The van der Waals surface area contributed by atoms with Crippen molar-refractivity contribution in [2.75, 3.05) is 7.11 Å². The minimum Gasteiger partial charge on any atom is -0.507 e. The van der Waals surface area contributed by atoms with Crippen molar-refractivity contribution < 1.29 is 28.9 Å². The predicted octanol–water partition coefficient (Wildman–Crippen LogP) is 5.51. The van der Waals surface area contributed by atoms with Gasteiger partial charge in [0.05, 0.1) is 34.9 Å². The monoisotopic (exact) mass is 526 g/mol. The molecule has 0 fully saturated rings. The van der Waals surface area contributed by atoms with Crippen LogP contribution in [0.3, 0.4) is 0 Å². The number of halogens is 2. The molecule has 182 valence electrons. The Morgan fingerprint density at radius 1 is 0.750 bits per heavy atom. The molecular formula is C26H16Cl2O8. The Morgan fingerprint density at radius 2 is 1.25 bits per heavy atom. The number of phenols is 1. The summed E-state index contributed by atoms with van der Waals surface area (Å²) in [4.78, 5) is 26.4. The third kappa shape index (κ3) is 3.80. The molecule has 5 rings (SSSR count). The van der Waals surface area contributed by atoms with E-state index in [2.05, 4.69) is 0 Å². The molecule has 0 unspecified atom stereocenters. The van der Waals surface area contributed by atoms with Crippen LogP contribution >= 0.6 is 23.2 Å². The molecule has 2 aromatic heterocycles. The van der Waals surface area contributed by atoms with Gasteiger partial charge >= 0.3 is 11.3 Å². The van der Waals surface area contributed by atoms with Crippen molar-refractivity contribution in [2.24, 2.45) is 0 Å². The molecule has 0 aliphatic carbocycles. The number of aromatic hydroxyl groups is 3. The molecule has 0 saturated carbocycles. The average molecular weight is 527 g/mol. The summed E-state index contributed by atoms with van der Waals surface area (Å²) in [5, 5.41) is 33.3. The van der Waals surface area contributed by atoms with Crippen LogP contribution in [0, 0.1) is 0 Å². The van der Waals surface area contributed by atoms with Gasteiger partial charge in [0.25, 0.3) is 0 Å². The van der Waals surface area contributed by atoms with Gasteiger partial charge in [-0.3, -0.25) is 0 Å². The Hall–Kier alpha value is -4.14. The lowest BCUT2D eigenvalue weighted by atomic mass is 9.84. The standard InChI is InChI=1S/C26H16Cl2O8/c1-34-19-8-11(2-5-16(19)29)20(21-23(30)14-9-12(27)3-6-17(14)35-25(21)32)22-24(31)15-10-13(28)4-7-18(15)36-26(22)33/h2-10,20,29-31H,1H3. The Balaban J connectivity index is 1.93. The summed E-state index contributed by atoms with van der Waals surface area (Å²) in [6.45, 7) is 0. The van der Waals surface area contributed by atoms with Crippen molar-refractivity contribution in [1.82, 2.24) is 0 Å². The number of fused-ring (bicyclic) bond motifs is 2. The molecule has 0 radical (unpaired) electrons. The second kappa shape index (κ2) is 8.82. The van der Waals surface area contributed by atoms with Gasteiger partial charge in [-0.15, -0.1) is 0 Å². The third-order valence-electron chi connectivity index (χ3n) is 5.86. The Kier molecular flexibility index (Phi) is 5.78. The highest BCUT2D eigenvalue weighted by Crippen LogP contribution is 2.44. The summed E-state index contributed by atoms with van der Waals surface area (Å²) in [6, 6.07) is 12.7.